The summed E-state index contributed by atoms with van der Waals surface area (Å²) in [6.07, 6.45) is 0.466. The Hall–Kier alpha value is -0.900. The van der Waals surface area contributed by atoms with Gasteiger partial charge in [-0.3, -0.25) is 0 Å². The molecule has 0 amide bonds. The van der Waals surface area contributed by atoms with Crippen molar-refractivity contribution in [2.75, 3.05) is 0 Å². The molecule has 1 aromatic carbocycles. The quantitative estimate of drug-likeness (QED) is 0.892. The number of hydrogen-bond acceptors (Lipinski definition) is 2. The van der Waals surface area contributed by atoms with Gasteiger partial charge in [0.15, 0.2) is 0 Å². The van der Waals surface area contributed by atoms with E-state index < -0.39 is 0 Å². The van der Waals surface area contributed by atoms with E-state index in [1.165, 1.54) is 6.07 Å². The van der Waals surface area contributed by atoms with Crippen LogP contribution in [0.5, 0.6) is 0 Å². The SMILES string of the molecule is Cc1ccsc1C(N)Cc1cc(Cl)ccc1F. The summed E-state index contributed by atoms with van der Waals surface area (Å²) in [5, 5.41) is 2.54. The Morgan fingerprint density at radius 1 is 1.41 bits per heavy atom. The van der Waals surface area contributed by atoms with Crippen LogP contribution in [0.3, 0.4) is 0 Å². The Labute approximate surface area is 109 Å². The molecule has 1 heterocycles. The highest BCUT2D eigenvalue weighted by Crippen LogP contribution is 2.26. The fraction of sp³-hybridized carbons (Fsp3) is 0.231. The molecule has 90 valence electrons. The normalized spacial score (nSPS) is 12.7. The molecular formula is C13H13ClFNS. The van der Waals surface area contributed by atoms with Crippen LogP contribution in [0.1, 0.15) is 22.0 Å². The molecular weight excluding hydrogens is 257 g/mol. The zero-order chi connectivity index (χ0) is 12.4. The molecule has 4 heteroatoms. The lowest BCUT2D eigenvalue weighted by molar-refractivity contribution is 0.594. The molecule has 1 aromatic heterocycles. The third-order valence-electron chi connectivity index (χ3n) is 2.69. The van der Waals surface area contributed by atoms with Crippen LogP contribution in [0.4, 0.5) is 4.39 Å². The van der Waals surface area contributed by atoms with Crippen molar-refractivity contribution >= 4 is 22.9 Å². The minimum Gasteiger partial charge on any atom is -0.323 e. The molecule has 0 radical (unpaired) electrons. The highest BCUT2D eigenvalue weighted by molar-refractivity contribution is 7.10. The molecule has 0 aliphatic rings. The predicted molar refractivity (Wildman–Crippen MR) is 71.1 cm³/mol. The third kappa shape index (κ3) is 2.86. The molecule has 0 aliphatic heterocycles. The molecule has 1 atom stereocenters. The number of halogens is 2. The van der Waals surface area contributed by atoms with Gasteiger partial charge in [0.05, 0.1) is 0 Å². The maximum Gasteiger partial charge on any atom is 0.126 e. The Morgan fingerprint density at radius 3 is 2.82 bits per heavy atom. The average Bonchev–Trinajstić information content (AvgIpc) is 2.70. The van der Waals surface area contributed by atoms with Crippen LogP contribution in [0.25, 0.3) is 0 Å². The van der Waals surface area contributed by atoms with Crippen LogP contribution < -0.4 is 5.73 Å². The van der Waals surface area contributed by atoms with Gasteiger partial charge in [-0.05, 0) is 54.1 Å². The number of rotatable bonds is 3. The van der Waals surface area contributed by atoms with Crippen molar-refractivity contribution in [3.05, 3.63) is 56.5 Å². The van der Waals surface area contributed by atoms with Crippen LogP contribution in [0.15, 0.2) is 29.6 Å². The van der Waals surface area contributed by atoms with Crippen LogP contribution in [-0.4, -0.2) is 0 Å². The first-order valence-corrected chi connectivity index (χ1v) is 6.57. The predicted octanol–water partition coefficient (Wildman–Crippen LogP) is 4.09. The Bertz CT molecular complexity index is 524. The van der Waals surface area contributed by atoms with Gasteiger partial charge in [0.1, 0.15) is 5.82 Å². The summed E-state index contributed by atoms with van der Waals surface area (Å²) < 4.78 is 13.6. The van der Waals surface area contributed by atoms with Crippen LogP contribution in [-0.2, 0) is 6.42 Å². The van der Waals surface area contributed by atoms with Crippen molar-refractivity contribution in [1.29, 1.82) is 0 Å². The lowest BCUT2D eigenvalue weighted by atomic mass is 10.0. The maximum absolute atomic E-state index is 13.6. The van der Waals surface area contributed by atoms with Crippen molar-refractivity contribution in [3.8, 4) is 0 Å². The number of nitrogens with two attached hydrogens (primary N) is 1. The summed E-state index contributed by atoms with van der Waals surface area (Å²) >= 11 is 7.46. The van der Waals surface area contributed by atoms with Crippen molar-refractivity contribution in [1.82, 2.24) is 0 Å². The van der Waals surface area contributed by atoms with E-state index in [2.05, 4.69) is 0 Å². The van der Waals surface area contributed by atoms with Gasteiger partial charge in [-0.25, -0.2) is 4.39 Å². The van der Waals surface area contributed by atoms with Gasteiger partial charge in [-0.2, -0.15) is 0 Å². The molecule has 0 spiro atoms. The first-order chi connectivity index (χ1) is 8.08. The van der Waals surface area contributed by atoms with Crippen molar-refractivity contribution < 1.29 is 4.39 Å². The van der Waals surface area contributed by atoms with Crippen LogP contribution in [0.2, 0.25) is 5.02 Å². The summed E-state index contributed by atoms with van der Waals surface area (Å²) in [7, 11) is 0. The van der Waals surface area contributed by atoms with E-state index in [4.69, 9.17) is 17.3 Å². The maximum atomic E-state index is 13.6. The zero-order valence-electron chi connectivity index (χ0n) is 9.41. The Balaban J connectivity index is 2.21. The molecule has 0 fully saturated rings. The van der Waals surface area contributed by atoms with E-state index in [1.807, 2.05) is 18.4 Å². The molecule has 0 saturated carbocycles. The van der Waals surface area contributed by atoms with E-state index in [1.54, 1.807) is 23.5 Å². The van der Waals surface area contributed by atoms with Gasteiger partial charge in [0, 0.05) is 15.9 Å². The molecule has 1 unspecified atom stereocenters. The van der Waals surface area contributed by atoms with Gasteiger partial charge < -0.3 is 5.73 Å². The number of aryl methyl sites for hydroxylation is 1. The fourth-order valence-electron chi connectivity index (χ4n) is 1.79. The second-order valence-corrected chi connectivity index (χ2v) is 5.40. The molecule has 17 heavy (non-hydrogen) atoms. The lowest BCUT2D eigenvalue weighted by Crippen LogP contribution is -2.13. The van der Waals surface area contributed by atoms with Crippen LogP contribution in [0, 0.1) is 12.7 Å². The summed E-state index contributed by atoms with van der Waals surface area (Å²) in [4.78, 5) is 1.10. The topological polar surface area (TPSA) is 26.0 Å². The van der Waals surface area contributed by atoms with E-state index in [0.29, 0.717) is 17.0 Å². The van der Waals surface area contributed by atoms with Gasteiger partial charge >= 0.3 is 0 Å². The monoisotopic (exact) mass is 269 g/mol. The standard InChI is InChI=1S/C13H13ClFNS/c1-8-4-5-17-13(8)12(16)7-9-6-10(14)2-3-11(9)15/h2-6,12H,7,16H2,1H3. The van der Waals surface area contributed by atoms with Gasteiger partial charge in [0.2, 0.25) is 0 Å². The summed E-state index contributed by atoms with van der Waals surface area (Å²) in [6, 6.07) is 6.41. The van der Waals surface area contributed by atoms with Crippen molar-refractivity contribution in [2.24, 2.45) is 5.73 Å². The highest BCUT2D eigenvalue weighted by atomic mass is 35.5. The molecule has 0 bridgehead atoms. The summed E-state index contributed by atoms with van der Waals surface area (Å²) in [5.74, 6) is -0.251. The van der Waals surface area contributed by atoms with Crippen LogP contribution >= 0.6 is 22.9 Å². The Kier molecular flexibility index (Phi) is 3.82. The van der Waals surface area contributed by atoms with E-state index >= 15 is 0 Å². The molecule has 2 N–H and O–H groups in total. The minimum absolute atomic E-state index is 0.178. The number of benzene rings is 1. The first kappa shape index (κ1) is 12.6. The molecule has 0 saturated heterocycles. The smallest absolute Gasteiger partial charge is 0.126 e. The van der Waals surface area contributed by atoms with Crippen molar-refractivity contribution in [3.63, 3.8) is 0 Å². The van der Waals surface area contributed by atoms with Gasteiger partial charge in [-0.1, -0.05) is 11.6 Å². The Morgan fingerprint density at radius 2 is 2.18 bits per heavy atom. The zero-order valence-corrected chi connectivity index (χ0v) is 11.0. The fourth-order valence-corrected chi connectivity index (χ4v) is 2.92. The van der Waals surface area contributed by atoms with E-state index in [0.717, 1.165) is 10.4 Å². The second-order valence-electron chi connectivity index (χ2n) is 4.01. The van der Waals surface area contributed by atoms with E-state index in [-0.39, 0.29) is 11.9 Å². The van der Waals surface area contributed by atoms with Gasteiger partial charge in [0.25, 0.3) is 0 Å². The van der Waals surface area contributed by atoms with Crippen molar-refractivity contribution in [2.45, 2.75) is 19.4 Å². The molecule has 2 aromatic rings. The molecule has 2 rings (SSSR count). The minimum atomic E-state index is -0.251. The molecule has 1 nitrogen and oxygen atoms in total. The first-order valence-electron chi connectivity index (χ1n) is 5.31. The molecule has 0 aliphatic carbocycles. The lowest BCUT2D eigenvalue weighted by Gasteiger charge is -2.12. The number of thiophene rings is 1. The summed E-state index contributed by atoms with van der Waals surface area (Å²) in [6.45, 7) is 2.01. The van der Waals surface area contributed by atoms with Gasteiger partial charge in [-0.15, -0.1) is 11.3 Å². The summed E-state index contributed by atoms with van der Waals surface area (Å²) in [5.41, 5.74) is 7.82. The third-order valence-corrected chi connectivity index (χ3v) is 4.07. The van der Waals surface area contributed by atoms with E-state index in [9.17, 15) is 4.39 Å². The average molecular weight is 270 g/mol. The number of hydrogen-bond donors (Lipinski definition) is 1. The largest absolute Gasteiger partial charge is 0.323 e. The second kappa shape index (κ2) is 5.17. The highest BCUT2D eigenvalue weighted by Gasteiger charge is 2.13.